The zero-order chi connectivity index (χ0) is 17.6. The molecule has 1 aromatic heterocycles. The summed E-state index contributed by atoms with van der Waals surface area (Å²) in [5.41, 5.74) is 2.14. The van der Waals surface area contributed by atoms with Crippen LogP contribution in [0.1, 0.15) is 46.5 Å². The lowest BCUT2D eigenvalue weighted by Crippen LogP contribution is -2.39. The van der Waals surface area contributed by atoms with Gasteiger partial charge in [0.1, 0.15) is 5.82 Å². The third kappa shape index (κ3) is 4.50. The SMILES string of the molecule is CCC1CCCCN1c1cc(-c2ccccc2)nc(NCC(C)C)n1. The maximum atomic E-state index is 4.86. The number of anilines is 2. The van der Waals surface area contributed by atoms with E-state index in [2.05, 4.69) is 61.3 Å². The summed E-state index contributed by atoms with van der Waals surface area (Å²) in [5, 5.41) is 3.42. The Balaban J connectivity index is 1.96. The van der Waals surface area contributed by atoms with Crippen LogP contribution < -0.4 is 10.2 Å². The zero-order valence-electron chi connectivity index (χ0n) is 15.7. The molecular formula is C21H30N4. The van der Waals surface area contributed by atoms with Crippen molar-refractivity contribution in [2.45, 2.75) is 52.5 Å². The van der Waals surface area contributed by atoms with E-state index < -0.39 is 0 Å². The van der Waals surface area contributed by atoms with Gasteiger partial charge in [0.2, 0.25) is 5.95 Å². The lowest BCUT2D eigenvalue weighted by molar-refractivity contribution is 0.447. The predicted molar refractivity (Wildman–Crippen MR) is 106 cm³/mol. The molecule has 1 unspecified atom stereocenters. The Morgan fingerprint density at radius 1 is 1.16 bits per heavy atom. The number of hydrogen-bond acceptors (Lipinski definition) is 4. The number of rotatable bonds is 6. The van der Waals surface area contributed by atoms with Crippen LogP contribution in [0.15, 0.2) is 36.4 Å². The van der Waals surface area contributed by atoms with Crippen LogP contribution in [0.3, 0.4) is 0 Å². The molecule has 3 rings (SSSR count). The maximum Gasteiger partial charge on any atom is 0.225 e. The minimum absolute atomic E-state index is 0.561. The van der Waals surface area contributed by atoms with Gasteiger partial charge in [0, 0.05) is 30.8 Å². The van der Waals surface area contributed by atoms with Crippen LogP contribution in [0.2, 0.25) is 0 Å². The normalized spacial score (nSPS) is 17.8. The van der Waals surface area contributed by atoms with Gasteiger partial charge in [-0.3, -0.25) is 0 Å². The predicted octanol–water partition coefficient (Wildman–Crippen LogP) is 4.98. The fraction of sp³-hybridized carbons (Fsp3) is 0.524. The molecule has 1 aromatic carbocycles. The molecule has 1 atom stereocenters. The number of benzene rings is 1. The molecule has 1 fully saturated rings. The molecule has 0 amide bonds. The Hall–Kier alpha value is -2.10. The van der Waals surface area contributed by atoms with Crippen LogP contribution in [0.4, 0.5) is 11.8 Å². The van der Waals surface area contributed by atoms with Crippen molar-refractivity contribution in [3.8, 4) is 11.3 Å². The molecule has 2 heterocycles. The topological polar surface area (TPSA) is 41.1 Å². The van der Waals surface area contributed by atoms with Crippen LogP contribution in [0, 0.1) is 5.92 Å². The first kappa shape index (κ1) is 17.7. The molecule has 2 aromatic rings. The third-order valence-electron chi connectivity index (χ3n) is 4.84. The zero-order valence-corrected chi connectivity index (χ0v) is 15.7. The van der Waals surface area contributed by atoms with E-state index in [1.54, 1.807) is 0 Å². The smallest absolute Gasteiger partial charge is 0.225 e. The van der Waals surface area contributed by atoms with Gasteiger partial charge in [0.05, 0.1) is 5.69 Å². The van der Waals surface area contributed by atoms with Gasteiger partial charge in [0.25, 0.3) is 0 Å². The second kappa shape index (κ2) is 8.32. The van der Waals surface area contributed by atoms with E-state index in [4.69, 9.17) is 9.97 Å². The first-order chi connectivity index (χ1) is 12.2. The highest BCUT2D eigenvalue weighted by molar-refractivity contribution is 5.65. The van der Waals surface area contributed by atoms with E-state index in [1.807, 2.05) is 6.07 Å². The van der Waals surface area contributed by atoms with Crippen molar-refractivity contribution in [3.05, 3.63) is 36.4 Å². The molecule has 4 heteroatoms. The Bertz CT molecular complexity index is 669. The van der Waals surface area contributed by atoms with E-state index in [0.29, 0.717) is 12.0 Å². The van der Waals surface area contributed by atoms with Crippen LogP contribution >= 0.6 is 0 Å². The molecule has 0 radical (unpaired) electrons. The van der Waals surface area contributed by atoms with Crippen molar-refractivity contribution >= 4 is 11.8 Å². The van der Waals surface area contributed by atoms with Gasteiger partial charge in [-0.1, -0.05) is 51.1 Å². The van der Waals surface area contributed by atoms with Crippen LogP contribution in [-0.2, 0) is 0 Å². The number of aromatic nitrogens is 2. The van der Waals surface area contributed by atoms with Gasteiger partial charge in [-0.05, 0) is 31.6 Å². The molecule has 4 nitrogen and oxygen atoms in total. The summed E-state index contributed by atoms with van der Waals surface area (Å²) >= 11 is 0. The fourth-order valence-corrected chi connectivity index (χ4v) is 3.44. The lowest BCUT2D eigenvalue weighted by Gasteiger charge is -2.36. The Labute approximate surface area is 151 Å². The standard InChI is InChI=1S/C21H30N4/c1-4-18-12-8-9-13-25(18)20-14-19(17-10-6-5-7-11-17)23-21(24-20)22-15-16(2)3/h5-7,10-11,14,16,18H,4,8-9,12-13,15H2,1-3H3,(H,22,23,24). The summed E-state index contributed by atoms with van der Waals surface area (Å²) in [6.45, 7) is 8.65. The molecule has 0 saturated carbocycles. The molecule has 0 aliphatic carbocycles. The first-order valence-corrected chi connectivity index (χ1v) is 9.62. The van der Waals surface area contributed by atoms with Crippen molar-refractivity contribution in [1.82, 2.24) is 9.97 Å². The summed E-state index contributed by atoms with van der Waals surface area (Å²) in [5.74, 6) is 2.36. The summed E-state index contributed by atoms with van der Waals surface area (Å²) < 4.78 is 0. The van der Waals surface area contributed by atoms with Gasteiger partial charge >= 0.3 is 0 Å². The number of nitrogens with one attached hydrogen (secondary N) is 1. The van der Waals surface area contributed by atoms with Crippen molar-refractivity contribution in [1.29, 1.82) is 0 Å². The largest absolute Gasteiger partial charge is 0.354 e. The summed E-state index contributed by atoms with van der Waals surface area (Å²) in [6, 6.07) is 13.1. The Morgan fingerprint density at radius 2 is 1.96 bits per heavy atom. The second-order valence-corrected chi connectivity index (χ2v) is 7.33. The summed E-state index contributed by atoms with van der Waals surface area (Å²) in [6.07, 6.45) is 5.00. The van der Waals surface area contributed by atoms with E-state index in [-0.39, 0.29) is 0 Å². The molecule has 1 N–H and O–H groups in total. The Morgan fingerprint density at radius 3 is 2.68 bits per heavy atom. The van der Waals surface area contributed by atoms with Gasteiger partial charge in [-0.15, -0.1) is 0 Å². The highest BCUT2D eigenvalue weighted by atomic mass is 15.2. The molecule has 1 aliphatic heterocycles. The molecule has 0 spiro atoms. The first-order valence-electron chi connectivity index (χ1n) is 9.62. The fourth-order valence-electron chi connectivity index (χ4n) is 3.44. The van der Waals surface area contributed by atoms with Crippen LogP contribution in [0.25, 0.3) is 11.3 Å². The summed E-state index contributed by atoms with van der Waals surface area (Å²) in [4.78, 5) is 12.1. The van der Waals surface area contributed by atoms with Crippen molar-refractivity contribution in [2.75, 3.05) is 23.3 Å². The highest BCUT2D eigenvalue weighted by Gasteiger charge is 2.23. The van der Waals surface area contributed by atoms with Gasteiger partial charge in [-0.2, -0.15) is 4.98 Å². The van der Waals surface area contributed by atoms with Crippen LogP contribution in [-0.4, -0.2) is 29.1 Å². The van der Waals surface area contributed by atoms with Crippen LogP contribution in [0.5, 0.6) is 0 Å². The molecule has 1 aliphatic rings. The van der Waals surface area contributed by atoms with Gasteiger partial charge in [-0.25, -0.2) is 4.98 Å². The monoisotopic (exact) mass is 338 g/mol. The van der Waals surface area contributed by atoms with Gasteiger partial charge in [0.15, 0.2) is 0 Å². The average molecular weight is 338 g/mol. The quantitative estimate of drug-likeness (QED) is 0.806. The van der Waals surface area contributed by atoms with Crippen molar-refractivity contribution < 1.29 is 0 Å². The molecule has 134 valence electrons. The number of nitrogens with zero attached hydrogens (tertiary/aromatic N) is 3. The Kier molecular flexibility index (Phi) is 5.90. The van der Waals surface area contributed by atoms with Crippen molar-refractivity contribution in [3.63, 3.8) is 0 Å². The molecule has 0 bridgehead atoms. The molecule has 25 heavy (non-hydrogen) atoms. The minimum Gasteiger partial charge on any atom is -0.354 e. The number of hydrogen-bond donors (Lipinski definition) is 1. The molecular weight excluding hydrogens is 308 g/mol. The number of piperidine rings is 1. The van der Waals surface area contributed by atoms with E-state index in [0.717, 1.165) is 36.1 Å². The average Bonchev–Trinajstić information content (AvgIpc) is 2.66. The van der Waals surface area contributed by atoms with E-state index in [1.165, 1.54) is 25.7 Å². The van der Waals surface area contributed by atoms with E-state index >= 15 is 0 Å². The third-order valence-corrected chi connectivity index (χ3v) is 4.84. The highest BCUT2D eigenvalue weighted by Crippen LogP contribution is 2.29. The minimum atomic E-state index is 0.561. The summed E-state index contributed by atoms with van der Waals surface area (Å²) in [7, 11) is 0. The second-order valence-electron chi connectivity index (χ2n) is 7.33. The van der Waals surface area contributed by atoms with E-state index in [9.17, 15) is 0 Å². The maximum absolute atomic E-state index is 4.86. The van der Waals surface area contributed by atoms with Crippen molar-refractivity contribution in [2.24, 2.45) is 5.92 Å². The molecule has 1 saturated heterocycles. The van der Waals surface area contributed by atoms with Gasteiger partial charge < -0.3 is 10.2 Å². The lowest BCUT2D eigenvalue weighted by atomic mass is 10.00.